The minimum absolute atomic E-state index is 0.216. The third-order valence-electron chi connectivity index (χ3n) is 4.03. The van der Waals surface area contributed by atoms with Crippen molar-refractivity contribution in [3.05, 3.63) is 29.8 Å². The van der Waals surface area contributed by atoms with Crippen molar-refractivity contribution in [2.24, 2.45) is 5.92 Å². The Morgan fingerprint density at radius 3 is 2.95 bits per heavy atom. The molecule has 1 aliphatic heterocycles. The fourth-order valence-electron chi connectivity index (χ4n) is 2.75. The lowest BCUT2D eigenvalue weighted by Crippen LogP contribution is -2.27. The van der Waals surface area contributed by atoms with E-state index in [-0.39, 0.29) is 5.91 Å². The first kappa shape index (κ1) is 15.8. The van der Waals surface area contributed by atoms with E-state index < -0.39 is 0 Å². The van der Waals surface area contributed by atoms with Crippen LogP contribution in [-0.4, -0.2) is 37.6 Å². The maximum Gasteiger partial charge on any atom is 0.222 e. The van der Waals surface area contributed by atoms with Crippen molar-refractivity contribution in [3.8, 4) is 5.75 Å². The Labute approximate surface area is 127 Å². The van der Waals surface area contributed by atoms with Crippen molar-refractivity contribution in [3.63, 3.8) is 0 Å². The third-order valence-corrected chi connectivity index (χ3v) is 4.03. The summed E-state index contributed by atoms with van der Waals surface area (Å²) in [6.07, 6.45) is 2.83. The number of benzene rings is 1. The number of hydrogen-bond donors (Lipinski definition) is 1. The summed E-state index contributed by atoms with van der Waals surface area (Å²) in [5.74, 6) is 1.76. The lowest BCUT2D eigenvalue weighted by Gasteiger charge is -2.20. The molecule has 1 N–H and O–H groups in total. The summed E-state index contributed by atoms with van der Waals surface area (Å²) in [6, 6.07) is 7.93. The van der Waals surface area contributed by atoms with Gasteiger partial charge in [-0.2, -0.15) is 0 Å². The molecule has 1 amide bonds. The molecule has 1 saturated heterocycles. The SMILES string of the molecule is CCOc1ccccc1CN(C)C(=O)CCC1CCNC1. The number of amides is 1. The molecule has 1 heterocycles. The highest BCUT2D eigenvalue weighted by molar-refractivity contribution is 5.75. The number of nitrogens with zero attached hydrogens (tertiary/aromatic N) is 1. The van der Waals surface area contributed by atoms with Gasteiger partial charge in [0, 0.05) is 25.6 Å². The lowest BCUT2D eigenvalue weighted by atomic mass is 10.0. The molecule has 0 aliphatic carbocycles. The molecule has 0 aromatic heterocycles. The third kappa shape index (κ3) is 4.74. The highest BCUT2D eigenvalue weighted by Gasteiger charge is 2.18. The standard InChI is InChI=1S/C17H26N2O2/c1-3-21-16-7-5-4-6-15(16)13-19(2)17(20)9-8-14-10-11-18-12-14/h4-7,14,18H,3,8-13H2,1-2H3. The van der Waals surface area contributed by atoms with E-state index in [9.17, 15) is 4.79 Å². The van der Waals surface area contributed by atoms with Gasteiger partial charge in [-0.05, 0) is 44.8 Å². The summed E-state index contributed by atoms with van der Waals surface area (Å²) in [5, 5.41) is 3.35. The Morgan fingerprint density at radius 1 is 1.43 bits per heavy atom. The molecule has 1 fully saturated rings. The van der Waals surface area contributed by atoms with E-state index in [0.29, 0.717) is 25.5 Å². The zero-order chi connectivity index (χ0) is 15.1. The van der Waals surface area contributed by atoms with Gasteiger partial charge in [0.1, 0.15) is 5.75 Å². The van der Waals surface area contributed by atoms with E-state index in [1.165, 1.54) is 6.42 Å². The van der Waals surface area contributed by atoms with Crippen LogP contribution < -0.4 is 10.1 Å². The Hall–Kier alpha value is -1.55. The minimum atomic E-state index is 0.216. The molecule has 1 atom stereocenters. The van der Waals surface area contributed by atoms with Crippen molar-refractivity contribution in [1.29, 1.82) is 0 Å². The topological polar surface area (TPSA) is 41.6 Å². The Balaban J connectivity index is 1.85. The molecule has 2 rings (SSSR count). The van der Waals surface area contributed by atoms with E-state index in [0.717, 1.165) is 30.8 Å². The largest absolute Gasteiger partial charge is 0.494 e. The van der Waals surface area contributed by atoms with Gasteiger partial charge in [0.15, 0.2) is 0 Å². The summed E-state index contributed by atoms with van der Waals surface area (Å²) in [6.45, 7) is 5.38. The van der Waals surface area contributed by atoms with Crippen LogP contribution in [0.2, 0.25) is 0 Å². The van der Waals surface area contributed by atoms with Gasteiger partial charge in [0.05, 0.1) is 6.61 Å². The van der Waals surface area contributed by atoms with Gasteiger partial charge in [-0.1, -0.05) is 18.2 Å². The fraction of sp³-hybridized carbons (Fsp3) is 0.588. The van der Waals surface area contributed by atoms with Crippen LogP contribution in [0.15, 0.2) is 24.3 Å². The molecule has 4 nitrogen and oxygen atoms in total. The quantitative estimate of drug-likeness (QED) is 0.838. The molecule has 1 unspecified atom stereocenters. The molecule has 1 aromatic rings. The van der Waals surface area contributed by atoms with Crippen molar-refractivity contribution < 1.29 is 9.53 Å². The predicted molar refractivity (Wildman–Crippen MR) is 84.3 cm³/mol. The Morgan fingerprint density at radius 2 is 2.24 bits per heavy atom. The maximum absolute atomic E-state index is 12.2. The molecule has 0 saturated carbocycles. The molecule has 0 spiro atoms. The van der Waals surface area contributed by atoms with Gasteiger partial charge in [0.25, 0.3) is 0 Å². The number of ether oxygens (including phenoxy) is 1. The van der Waals surface area contributed by atoms with E-state index >= 15 is 0 Å². The van der Waals surface area contributed by atoms with Crippen LogP contribution in [0.4, 0.5) is 0 Å². The van der Waals surface area contributed by atoms with Crippen LogP contribution in [-0.2, 0) is 11.3 Å². The molecular weight excluding hydrogens is 264 g/mol. The number of para-hydroxylation sites is 1. The highest BCUT2D eigenvalue weighted by atomic mass is 16.5. The average molecular weight is 290 g/mol. The van der Waals surface area contributed by atoms with Crippen molar-refractivity contribution in [2.45, 2.75) is 32.7 Å². The van der Waals surface area contributed by atoms with Crippen LogP contribution in [0.5, 0.6) is 5.75 Å². The molecule has 0 bridgehead atoms. The van der Waals surface area contributed by atoms with Crippen LogP contribution in [0, 0.1) is 5.92 Å². The first-order chi connectivity index (χ1) is 10.2. The molecule has 0 radical (unpaired) electrons. The van der Waals surface area contributed by atoms with Gasteiger partial charge in [-0.15, -0.1) is 0 Å². The summed E-state index contributed by atoms with van der Waals surface area (Å²) in [7, 11) is 1.87. The molecule has 4 heteroatoms. The van der Waals surface area contributed by atoms with E-state index in [1.54, 1.807) is 4.90 Å². The number of carbonyl (C=O) groups is 1. The number of hydrogen-bond acceptors (Lipinski definition) is 3. The first-order valence-electron chi connectivity index (χ1n) is 7.86. The fourth-order valence-corrected chi connectivity index (χ4v) is 2.75. The maximum atomic E-state index is 12.2. The predicted octanol–water partition coefficient (Wildman–Crippen LogP) is 2.43. The Bertz CT molecular complexity index is 456. The van der Waals surface area contributed by atoms with Crippen LogP contribution in [0.3, 0.4) is 0 Å². The van der Waals surface area contributed by atoms with Crippen molar-refractivity contribution >= 4 is 5.91 Å². The summed E-state index contributed by atoms with van der Waals surface area (Å²) in [5.41, 5.74) is 1.07. The Kier molecular flexibility index (Phi) is 6.05. The van der Waals surface area contributed by atoms with E-state index in [4.69, 9.17) is 4.74 Å². The molecule has 1 aromatic carbocycles. The van der Waals surface area contributed by atoms with Gasteiger partial charge in [-0.3, -0.25) is 4.79 Å². The second kappa shape index (κ2) is 8.03. The molecule has 21 heavy (non-hydrogen) atoms. The van der Waals surface area contributed by atoms with Crippen LogP contribution >= 0.6 is 0 Å². The summed E-state index contributed by atoms with van der Waals surface area (Å²) >= 11 is 0. The van der Waals surface area contributed by atoms with E-state index in [1.807, 2.05) is 38.2 Å². The molecule has 1 aliphatic rings. The second-order valence-corrected chi connectivity index (χ2v) is 5.69. The van der Waals surface area contributed by atoms with Crippen LogP contribution in [0.1, 0.15) is 31.7 Å². The average Bonchev–Trinajstić information content (AvgIpc) is 3.00. The molecule has 116 valence electrons. The zero-order valence-corrected chi connectivity index (χ0v) is 13.1. The number of nitrogens with one attached hydrogen (secondary N) is 1. The van der Waals surface area contributed by atoms with Gasteiger partial charge < -0.3 is 15.0 Å². The zero-order valence-electron chi connectivity index (χ0n) is 13.1. The van der Waals surface area contributed by atoms with Crippen molar-refractivity contribution in [1.82, 2.24) is 10.2 Å². The van der Waals surface area contributed by atoms with Gasteiger partial charge in [-0.25, -0.2) is 0 Å². The number of carbonyl (C=O) groups excluding carboxylic acids is 1. The minimum Gasteiger partial charge on any atom is -0.494 e. The number of rotatable bonds is 7. The van der Waals surface area contributed by atoms with E-state index in [2.05, 4.69) is 5.32 Å². The normalized spacial score (nSPS) is 17.7. The molecular formula is C17H26N2O2. The first-order valence-corrected chi connectivity index (χ1v) is 7.86. The highest BCUT2D eigenvalue weighted by Crippen LogP contribution is 2.20. The lowest BCUT2D eigenvalue weighted by molar-refractivity contribution is -0.130. The summed E-state index contributed by atoms with van der Waals surface area (Å²) in [4.78, 5) is 14.0. The summed E-state index contributed by atoms with van der Waals surface area (Å²) < 4.78 is 5.61. The second-order valence-electron chi connectivity index (χ2n) is 5.69. The monoisotopic (exact) mass is 290 g/mol. The van der Waals surface area contributed by atoms with Gasteiger partial charge in [0.2, 0.25) is 5.91 Å². The van der Waals surface area contributed by atoms with Crippen molar-refractivity contribution in [2.75, 3.05) is 26.7 Å². The smallest absolute Gasteiger partial charge is 0.222 e. The van der Waals surface area contributed by atoms with Crippen LogP contribution in [0.25, 0.3) is 0 Å². The van der Waals surface area contributed by atoms with Gasteiger partial charge >= 0.3 is 0 Å².